The van der Waals surface area contributed by atoms with Gasteiger partial charge in [0.2, 0.25) is 0 Å². The molecule has 1 aromatic rings. The van der Waals surface area contributed by atoms with Crippen LogP contribution in [0.1, 0.15) is 5.56 Å². The van der Waals surface area contributed by atoms with Crippen molar-refractivity contribution in [3.63, 3.8) is 0 Å². The highest BCUT2D eigenvalue weighted by Gasteiger charge is 2.05. The summed E-state index contributed by atoms with van der Waals surface area (Å²) >= 11 is 0. The largest absolute Gasteiger partial charge is 0.393 e. The number of hydrogen-bond acceptors (Lipinski definition) is 4. The van der Waals surface area contributed by atoms with Crippen molar-refractivity contribution in [1.82, 2.24) is 5.32 Å². The number of hydrogen-bond donors (Lipinski definition) is 2. The topological polar surface area (TPSA) is 79.0 Å². The summed E-state index contributed by atoms with van der Waals surface area (Å²) in [6.07, 6.45) is 2.85. The molecule has 78 valence electrons. The van der Waals surface area contributed by atoms with Crippen LogP contribution in [0, 0.1) is 15.5 Å². The third-order valence-electron chi connectivity index (χ3n) is 1.87. The standard InChI is InChI=1S/C10H11N3O2/c1-12-7-9(6-11)8-2-4-10(5-3-8)13(14)15/h2-7,11-12H,1H3/b9-7+,11-6?. The monoisotopic (exact) mass is 205 g/mol. The lowest BCUT2D eigenvalue weighted by molar-refractivity contribution is -0.384. The van der Waals surface area contributed by atoms with Gasteiger partial charge in [0.1, 0.15) is 0 Å². The maximum atomic E-state index is 10.4. The number of allylic oxidation sites excluding steroid dienone is 1. The smallest absolute Gasteiger partial charge is 0.269 e. The van der Waals surface area contributed by atoms with E-state index in [1.165, 1.54) is 18.3 Å². The lowest BCUT2D eigenvalue weighted by Gasteiger charge is -2.00. The Morgan fingerprint density at radius 3 is 2.47 bits per heavy atom. The van der Waals surface area contributed by atoms with Crippen molar-refractivity contribution in [3.05, 3.63) is 46.1 Å². The number of nitro benzene ring substituents is 1. The van der Waals surface area contributed by atoms with Crippen LogP contribution >= 0.6 is 0 Å². The first-order valence-electron chi connectivity index (χ1n) is 4.31. The summed E-state index contributed by atoms with van der Waals surface area (Å²) in [6.45, 7) is 0. The van der Waals surface area contributed by atoms with Gasteiger partial charge in [-0.25, -0.2) is 0 Å². The van der Waals surface area contributed by atoms with Gasteiger partial charge in [-0.15, -0.1) is 0 Å². The molecule has 0 radical (unpaired) electrons. The highest BCUT2D eigenvalue weighted by molar-refractivity contribution is 6.08. The fourth-order valence-electron chi connectivity index (χ4n) is 1.14. The summed E-state index contributed by atoms with van der Waals surface area (Å²) in [5.41, 5.74) is 1.49. The molecular formula is C10H11N3O2. The molecule has 0 aliphatic carbocycles. The third-order valence-corrected chi connectivity index (χ3v) is 1.87. The van der Waals surface area contributed by atoms with Crippen molar-refractivity contribution < 1.29 is 4.92 Å². The number of nitrogens with one attached hydrogen (secondary N) is 2. The van der Waals surface area contributed by atoms with Crippen LogP contribution in [0.5, 0.6) is 0 Å². The summed E-state index contributed by atoms with van der Waals surface area (Å²) in [6, 6.07) is 6.07. The maximum absolute atomic E-state index is 10.4. The van der Waals surface area contributed by atoms with Gasteiger partial charge in [0, 0.05) is 37.2 Å². The summed E-state index contributed by atoms with van der Waals surface area (Å²) in [5, 5.41) is 20.4. The highest BCUT2D eigenvalue weighted by atomic mass is 16.6. The number of nitro groups is 1. The zero-order chi connectivity index (χ0) is 11.3. The Labute approximate surface area is 87.1 Å². The Hall–Kier alpha value is -2.17. The van der Waals surface area contributed by atoms with E-state index in [9.17, 15) is 10.1 Å². The van der Waals surface area contributed by atoms with Crippen LogP contribution in [0.15, 0.2) is 30.5 Å². The van der Waals surface area contributed by atoms with Crippen LogP contribution in [0.25, 0.3) is 5.57 Å². The van der Waals surface area contributed by atoms with Gasteiger partial charge < -0.3 is 10.7 Å². The molecule has 0 saturated carbocycles. The molecule has 0 saturated heterocycles. The Kier molecular flexibility index (Phi) is 3.56. The van der Waals surface area contributed by atoms with Crippen LogP contribution < -0.4 is 5.32 Å². The molecule has 0 spiro atoms. The van der Waals surface area contributed by atoms with E-state index in [4.69, 9.17) is 5.41 Å². The fourth-order valence-corrected chi connectivity index (χ4v) is 1.14. The predicted octanol–water partition coefficient (Wildman–Crippen LogP) is 1.80. The minimum absolute atomic E-state index is 0.0486. The molecule has 0 unspecified atom stereocenters. The normalized spacial score (nSPS) is 10.9. The van der Waals surface area contributed by atoms with E-state index in [-0.39, 0.29) is 5.69 Å². The van der Waals surface area contributed by atoms with E-state index in [2.05, 4.69) is 5.32 Å². The Morgan fingerprint density at radius 1 is 1.47 bits per heavy atom. The molecule has 0 atom stereocenters. The second kappa shape index (κ2) is 4.90. The first kappa shape index (κ1) is 10.9. The molecule has 0 aliphatic heterocycles. The van der Waals surface area contributed by atoms with E-state index >= 15 is 0 Å². The van der Waals surface area contributed by atoms with Gasteiger partial charge in [-0.05, 0) is 17.7 Å². The summed E-state index contributed by atoms with van der Waals surface area (Å²) in [5.74, 6) is 0. The van der Waals surface area contributed by atoms with Crippen LogP contribution in [0.2, 0.25) is 0 Å². The van der Waals surface area contributed by atoms with Crippen molar-refractivity contribution in [3.8, 4) is 0 Å². The summed E-state index contributed by atoms with van der Waals surface area (Å²) in [7, 11) is 1.73. The molecule has 0 bridgehead atoms. The van der Waals surface area contributed by atoms with E-state index in [0.29, 0.717) is 5.57 Å². The van der Waals surface area contributed by atoms with Crippen molar-refractivity contribution in [1.29, 1.82) is 5.41 Å². The van der Waals surface area contributed by atoms with Crippen LogP contribution in [-0.2, 0) is 0 Å². The zero-order valence-electron chi connectivity index (χ0n) is 8.23. The van der Waals surface area contributed by atoms with Crippen LogP contribution in [0.4, 0.5) is 5.69 Å². The third kappa shape index (κ3) is 2.63. The zero-order valence-corrected chi connectivity index (χ0v) is 8.23. The number of rotatable bonds is 4. The molecule has 0 aliphatic rings. The SMILES string of the molecule is CN/C=C(\C=N)c1ccc([N+](=O)[O-])cc1. The van der Waals surface area contributed by atoms with Crippen molar-refractivity contribution in [2.24, 2.45) is 0 Å². The minimum Gasteiger partial charge on any atom is -0.393 e. The van der Waals surface area contributed by atoms with Gasteiger partial charge in [-0.3, -0.25) is 10.1 Å². The quantitative estimate of drug-likeness (QED) is 0.447. The number of benzene rings is 1. The Morgan fingerprint density at radius 2 is 2.07 bits per heavy atom. The number of nitrogens with zero attached hydrogens (tertiary/aromatic N) is 1. The first-order chi connectivity index (χ1) is 7.19. The van der Waals surface area contributed by atoms with Gasteiger partial charge in [0.05, 0.1) is 4.92 Å². The highest BCUT2D eigenvalue weighted by Crippen LogP contribution is 2.16. The average Bonchev–Trinajstić information content (AvgIpc) is 2.26. The molecule has 1 rings (SSSR count). The van der Waals surface area contributed by atoms with E-state index in [1.54, 1.807) is 25.4 Å². The molecule has 2 N–H and O–H groups in total. The van der Waals surface area contributed by atoms with Crippen LogP contribution in [0.3, 0.4) is 0 Å². The van der Waals surface area contributed by atoms with Gasteiger partial charge in [-0.2, -0.15) is 0 Å². The second-order valence-corrected chi connectivity index (χ2v) is 2.84. The first-order valence-corrected chi connectivity index (χ1v) is 4.31. The van der Waals surface area contributed by atoms with Crippen molar-refractivity contribution in [2.45, 2.75) is 0 Å². The summed E-state index contributed by atoms with van der Waals surface area (Å²) in [4.78, 5) is 9.96. The van der Waals surface area contributed by atoms with Crippen molar-refractivity contribution >= 4 is 17.5 Å². The maximum Gasteiger partial charge on any atom is 0.269 e. The molecule has 15 heavy (non-hydrogen) atoms. The van der Waals surface area contributed by atoms with Crippen LogP contribution in [-0.4, -0.2) is 18.2 Å². The van der Waals surface area contributed by atoms with E-state index in [0.717, 1.165) is 5.56 Å². The number of non-ortho nitro benzene ring substituents is 1. The van der Waals surface area contributed by atoms with Gasteiger partial charge >= 0.3 is 0 Å². The Bertz CT molecular complexity index is 396. The average molecular weight is 205 g/mol. The lowest BCUT2D eigenvalue weighted by atomic mass is 10.1. The van der Waals surface area contributed by atoms with Gasteiger partial charge in [0.25, 0.3) is 5.69 Å². The second-order valence-electron chi connectivity index (χ2n) is 2.84. The molecule has 5 heteroatoms. The molecule has 5 nitrogen and oxygen atoms in total. The molecule has 0 amide bonds. The van der Waals surface area contributed by atoms with Gasteiger partial charge in [0.15, 0.2) is 0 Å². The molecular weight excluding hydrogens is 194 g/mol. The predicted molar refractivity (Wildman–Crippen MR) is 58.9 cm³/mol. The molecule has 0 heterocycles. The molecule has 1 aromatic carbocycles. The van der Waals surface area contributed by atoms with E-state index < -0.39 is 4.92 Å². The van der Waals surface area contributed by atoms with E-state index in [1.807, 2.05) is 0 Å². The lowest BCUT2D eigenvalue weighted by Crippen LogP contribution is -1.97. The van der Waals surface area contributed by atoms with Gasteiger partial charge in [-0.1, -0.05) is 0 Å². The Balaban J connectivity index is 3.02. The minimum atomic E-state index is -0.449. The summed E-state index contributed by atoms with van der Waals surface area (Å²) < 4.78 is 0. The fraction of sp³-hybridized carbons (Fsp3) is 0.100. The van der Waals surface area contributed by atoms with Crippen molar-refractivity contribution in [2.75, 3.05) is 7.05 Å². The molecule has 0 aromatic heterocycles. The molecule has 0 fully saturated rings.